The fourth-order valence-electron chi connectivity index (χ4n) is 0.921. The minimum absolute atomic E-state index is 0.00204. The molecule has 1 rings (SSSR count). The maximum absolute atomic E-state index is 10.4. The number of aliphatic hydroxyl groups excluding tert-OH is 1. The molecule has 0 atom stereocenters. The van der Waals surface area contributed by atoms with E-state index in [9.17, 15) is 10.1 Å². The third-order valence-electron chi connectivity index (χ3n) is 1.56. The lowest BCUT2D eigenvalue weighted by molar-refractivity contribution is -0.385. The molecular weight excluding hydrogens is 172 g/mol. The second-order valence-corrected chi connectivity index (χ2v) is 2.38. The standard InChI is InChI=1S/C8H6N2O3/c9-4-7-2-1-6(5-11)3-8(7)10(12)13/h1-3,11H,5H2. The number of nitrogens with zero attached hydrogens (tertiary/aromatic N) is 2. The van der Waals surface area contributed by atoms with Gasteiger partial charge in [0.15, 0.2) is 0 Å². The number of nitriles is 1. The lowest BCUT2D eigenvalue weighted by Crippen LogP contribution is -1.94. The molecule has 0 fully saturated rings. The van der Waals surface area contributed by atoms with E-state index in [-0.39, 0.29) is 17.9 Å². The monoisotopic (exact) mass is 178 g/mol. The summed E-state index contributed by atoms with van der Waals surface area (Å²) in [4.78, 5) is 9.78. The predicted molar refractivity (Wildman–Crippen MR) is 43.7 cm³/mol. The van der Waals surface area contributed by atoms with Crippen molar-refractivity contribution in [2.75, 3.05) is 0 Å². The van der Waals surface area contributed by atoms with Crippen molar-refractivity contribution in [3.8, 4) is 6.07 Å². The molecule has 5 heteroatoms. The van der Waals surface area contributed by atoms with E-state index < -0.39 is 4.92 Å². The third kappa shape index (κ3) is 1.80. The van der Waals surface area contributed by atoms with Crippen LogP contribution in [0.25, 0.3) is 0 Å². The van der Waals surface area contributed by atoms with Crippen molar-refractivity contribution < 1.29 is 10.0 Å². The van der Waals surface area contributed by atoms with E-state index in [1.54, 1.807) is 6.07 Å². The van der Waals surface area contributed by atoms with Gasteiger partial charge < -0.3 is 5.11 Å². The molecule has 0 aliphatic heterocycles. The molecule has 0 spiro atoms. The number of rotatable bonds is 2. The Hall–Kier alpha value is -1.93. The highest BCUT2D eigenvalue weighted by atomic mass is 16.6. The molecule has 5 nitrogen and oxygen atoms in total. The average Bonchev–Trinajstić information content (AvgIpc) is 2.16. The van der Waals surface area contributed by atoms with Crippen molar-refractivity contribution >= 4 is 5.69 Å². The van der Waals surface area contributed by atoms with Crippen LogP contribution in [-0.4, -0.2) is 10.0 Å². The minimum Gasteiger partial charge on any atom is -0.392 e. The highest BCUT2D eigenvalue weighted by molar-refractivity contribution is 5.50. The van der Waals surface area contributed by atoms with Crippen LogP contribution in [0.3, 0.4) is 0 Å². The fourth-order valence-corrected chi connectivity index (χ4v) is 0.921. The summed E-state index contributed by atoms with van der Waals surface area (Å²) in [6, 6.07) is 5.70. The molecule has 0 aliphatic rings. The molecule has 1 aromatic rings. The molecule has 1 aromatic carbocycles. The Labute approximate surface area is 74.0 Å². The lowest BCUT2D eigenvalue weighted by atomic mass is 10.1. The number of aliphatic hydroxyl groups is 1. The Bertz CT molecular complexity index is 381. The number of hydrogen-bond donors (Lipinski definition) is 1. The van der Waals surface area contributed by atoms with Crippen LogP contribution < -0.4 is 0 Å². The van der Waals surface area contributed by atoms with Gasteiger partial charge in [0, 0.05) is 6.07 Å². The van der Waals surface area contributed by atoms with E-state index in [4.69, 9.17) is 10.4 Å². The van der Waals surface area contributed by atoms with Crippen molar-refractivity contribution in [1.82, 2.24) is 0 Å². The zero-order valence-corrected chi connectivity index (χ0v) is 6.60. The van der Waals surface area contributed by atoms with Gasteiger partial charge in [0.25, 0.3) is 5.69 Å². The molecule has 66 valence electrons. The molecule has 0 saturated heterocycles. The molecule has 13 heavy (non-hydrogen) atoms. The van der Waals surface area contributed by atoms with E-state index in [1.807, 2.05) is 0 Å². The summed E-state index contributed by atoms with van der Waals surface area (Å²) in [5, 5.41) is 27.6. The predicted octanol–water partition coefficient (Wildman–Crippen LogP) is 0.959. The fraction of sp³-hybridized carbons (Fsp3) is 0.125. The smallest absolute Gasteiger partial charge is 0.287 e. The normalized spacial score (nSPS) is 9.23. The zero-order chi connectivity index (χ0) is 9.84. The Morgan fingerprint density at radius 2 is 2.31 bits per heavy atom. The van der Waals surface area contributed by atoms with Gasteiger partial charge in [0.1, 0.15) is 11.6 Å². The second kappa shape index (κ2) is 3.65. The molecule has 0 aliphatic carbocycles. The van der Waals surface area contributed by atoms with Crippen LogP contribution >= 0.6 is 0 Å². The second-order valence-electron chi connectivity index (χ2n) is 2.38. The summed E-state index contributed by atoms with van der Waals surface area (Å²) in [6.45, 7) is -0.271. The van der Waals surface area contributed by atoms with Gasteiger partial charge in [0.05, 0.1) is 11.5 Å². The zero-order valence-electron chi connectivity index (χ0n) is 6.60. The maximum atomic E-state index is 10.4. The molecule has 0 amide bonds. The molecule has 0 unspecified atom stereocenters. The first kappa shape index (κ1) is 9.16. The van der Waals surface area contributed by atoms with Crippen LogP contribution in [0.2, 0.25) is 0 Å². The van der Waals surface area contributed by atoms with E-state index in [1.165, 1.54) is 18.2 Å². The van der Waals surface area contributed by atoms with Crippen molar-refractivity contribution in [1.29, 1.82) is 5.26 Å². The molecule has 0 bridgehead atoms. The van der Waals surface area contributed by atoms with Crippen LogP contribution in [0.4, 0.5) is 5.69 Å². The maximum Gasteiger partial charge on any atom is 0.287 e. The first-order chi connectivity index (χ1) is 6.19. The number of nitro benzene ring substituents is 1. The summed E-state index contributed by atoms with van der Waals surface area (Å²) < 4.78 is 0. The summed E-state index contributed by atoms with van der Waals surface area (Å²) >= 11 is 0. The van der Waals surface area contributed by atoms with Gasteiger partial charge in [-0.3, -0.25) is 10.1 Å². The van der Waals surface area contributed by atoms with Crippen molar-refractivity contribution in [2.24, 2.45) is 0 Å². The SMILES string of the molecule is N#Cc1ccc(CO)cc1[N+](=O)[O-]. The van der Waals surface area contributed by atoms with E-state index >= 15 is 0 Å². The van der Waals surface area contributed by atoms with E-state index in [0.29, 0.717) is 5.56 Å². The number of hydrogen-bond acceptors (Lipinski definition) is 4. The van der Waals surface area contributed by atoms with Crippen molar-refractivity contribution in [3.63, 3.8) is 0 Å². The van der Waals surface area contributed by atoms with Gasteiger partial charge in [-0.2, -0.15) is 5.26 Å². The molecule has 0 heterocycles. The van der Waals surface area contributed by atoms with Crippen LogP contribution in [0.1, 0.15) is 11.1 Å². The number of benzene rings is 1. The topological polar surface area (TPSA) is 87.2 Å². The minimum atomic E-state index is -0.641. The van der Waals surface area contributed by atoms with Crippen molar-refractivity contribution in [3.05, 3.63) is 39.4 Å². The van der Waals surface area contributed by atoms with Gasteiger partial charge in [-0.25, -0.2) is 0 Å². The molecule has 0 aromatic heterocycles. The lowest BCUT2D eigenvalue weighted by Gasteiger charge is -1.97. The molecular formula is C8H6N2O3. The van der Waals surface area contributed by atoms with E-state index in [0.717, 1.165) is 0 Å². The van der Waals surface area contributed by atoms with Gasteiger partial charge in [-0.05, 0) is 11.6 Å². The Morgan fingerprint density at radius 3 is 2.77 bits per heavy atom. The van der Waals surface area contributed by atoms with Crippen LogP contribution in [0.5, 0.6) is 0 Å². The van der Waals surface area contributed by atoms with Gasteiger partial charge in [-0.1, -0.05) is 6.07 Å². The van der Waals surface area contributed by atoms with Gasteiger partial charge >= 0.3 is 0 Å². The molecule has 0 radical (unpaired) electrons. The van der Waals surface area contributed by atoms with Crippen LogP contribution in [0.15, 0.2) is 18.2 Å². The third-order valence-corrected chi connectivity index (χ3v) is 1.56. The van der Waals surface area contributed by atoms with Gasteiger partial charge in [0.2, 0.25) is 0 Å². The van der Waals surface area contributed by atoms with Crippen LogP contribution in [-0.2, 0) is 6.61 Å². The van der Waals surface area contributed by atoms with Gasteiger partial charge in [-0.15, -0.1) is 0 Å². The summed E-state index contributed by atoms with van der Waals surface area (Å²) in [5.41, 5.74) is 0.155. The molecule has 0 saturated carbocycles. The Morgan fingerprint density at radius 1 is 1.62 bits per heavy atom. The quantitative estimate of drug-likeness (QED) is 0.539. The highest BCUT2D eigenvalue weighted by Crippen LogP contribution is 2.19. The molecule has 1 N–H and O–H groups in total. The Balaban J connectivity index is 3.28. The van der Waals surface area contributed by atoms with Crippen molar-refractivity contribution in [2.45, 2.75) is 6.61 Å². The first-order valence-electron chi connectivity index (χ1n) is 3.47. The first-order valence-corrected chi connectivity index (χ1v) is 3.47. The number of nitro groups is 1. The highest BCUT2D eigenvalue weighted by Gasteiger charge is 2.13. The van der Waals surface area contributed by atoms with Crippen LogP contribution in [0, 0.1) is 21.4 Å². The summed E-state index contributed by atoms with van der Waals surface area (Å²) in [5.74, 6) is 0. The Kier molecular flexibility index (Phi) is 2.57. The van der Waals surface area contributed by atoms with E-state index in [2.05, 4.69) is 0 Å². The average molecular weight is 178 g/mol. The summed E-state index contributed by atoms with van der Waals surface area (Å²) in [7, 11) is 0. The summed E-state index contributed by atoms with van der Waals surface area (Å²) in [6.07, 6.45) is 0. The largest absolute Gasteiger partial charge is 0.392 e.